The summed E-state index contributed by atoms with van der Waals surface area (Å²) in [6.45, 7) is 0. The van der Waals surface area contributed by atoms with Crippen molar-refractivity contribution in [2.24, 2.45) is 0 Å². The van der Waals surface area contributed by atoms with Gasteiger partial charge in [0, 0.05) is 25.8 Å². The van der Waals surface area contributed by atoms with E-state index in [4.69, 9.17) is 4.74 Å². The summed E-state index contributed by atoms with van der Waals surface area (Å²) in [5, 5.41) is 0. The van der Waals surface area contributed by atoms with Gasteiger partial charge in [-0.1, -0.05) is 24.3 Å². The molecule has 0 saturated carbocycles. The highest BCUT2D eigenvalue weighted by atomic mass is 16.5. The monoisotopic (exact) mass is 240 g/mol. The van der Waals surface area contributed by atoms with Gasteiger partial charge in [-0.05, 0) is 35.7 Å². The summed E-state index contributed by atoms with van der Waals surface area (Å²) in [5.74, 6) is 0.897. The van der Waals surface area contributed by atoms with Crippen LogP contribution < -0.4 is 9.64 Å². The van der Waals surface area contributed by atoms with E-state index in [1.165, 1.54) is 11.1 Å². The topological polar surface area (TPSA) is 12.5 Å². The third-order valence-corrected chi connectivity index (χ3v) is 2.90. The molecule has 0 saturated heterocycles. The van der Waals surface area contributed by atoms with Crippen LogP contribution in [0.25, 0.3) is 0 Å². The summed E-state index contributed by atoms with van der Waals surface area (Å²) >= 11 is 0. The van der Waals surface area contributed by atoms with Crippen molar-refractivity contribution in [3.8, 4) is 5.75 Å². The number of rotatable bonds is 4. The predicted molar refractivity (Wildman–Crippen MR) is 75.4 cm³/mol. The zero-order valence-corrected chi connectivity index (χ0v) is 11.1. The molecule has 0 unspecified atom stereocenters. The molecule has 0 N–H and O–H groups in total. The fourth-order valence-corrected chi connectivity index (χ4v) is 1.85. The van der Waals surface area contributed by atoms with Gasteiger partial charge in [0.25, 0.3) is 0 Å². The zero-order chi connectivity index (χ0) is 13.0. The maximum absolute atomic E-state index is 5.16. The first-order valence-corrected chi connectivity index (χ1v) is 6.00. The molecule has 0 heterocycles. The average molecular weight is 240 g/mol. The van der Waals surface area contributed by atoms with Crippen LogP contribution in [0.1, 0.15) is 11.1 Å². The van der Waals surface area contributed by atoms with E-state index in [0.29, 0.717) is 0 Å². The zero-order valence-electron chi connectivity index (χ0n) is 11.1. The van der Waals surface area contributed by atoms with Gasteiger partial charge >= 0.3 is 0 Å². The molecule has 0 fully saturated rings. The number of anilines is 1. The van der Waals surface area contributed by atoms with E-state index in [-0.39, 0.29) is 0 Å². The Morgan fingerprint density at radius 1 is 1.06 bits per heavy atom. The summed E-state index contributed by atoms with van der Waals surface area (Å²) < 4.78 is 5.16. The van der Waals surface area contributed by atoms with Gasteiger partial charge in [-0.15, -0.1) is 0 Å². The van der Waals surface area contributed by atoms with Gasteiger partial charge in [0.15, 0.2) is 0 Å². The molecule has 1 radical (unpaired) electrons. The van der Waals surface area contributed by atoms with Gasteiger partial charge in [0.05, 0.1) is 7.11 Å². The van der Waals surface area contributed by atoms with Crippen molar-refractivity contribution in [3.63, 3.8) is 0 Å². The van der Waals surface area contributed by atoms with Gasteiger partial charge in [-0.25, -0.2) is 0 Å². The van der Waals surface area contributed by atoms with Crippen LogP contribution in [-0.2, 0) is 6.42 Å². The van der Waals surface area contributed by atoms with Crippen LogP contribution in [0, 0.1) is 6.07 Å². The molecule has 2 nitrogen and oxygen atoms in total. The summed E-state index contributed by atoms with van der Waals surface area (Å²) in [5.41, 5.74) is 3.69. The highest BCUT2D eigenvalue weighted by Crippen LogP contribution is 2.18. The maximum Gasteiger partial charge on any atom is 0.118 e. The lowest BCUT2D eigenvalue weighted by atomic mass is 10.0. The van der Waals surface area contributed by atoms with Gasteiger partial charge in [0.1, 0.15) is 5.75 Å². The highest BCUT2D eigenvalue weighted by molar-refractivity contribution is 5.47. The lowest BCUT2D eigenvalue weighted by Crippen LogP contribution is -2.08. The molecular formula is C16H18NO. The van der Waals surface area contributed by atoms with Crippen LogP contribution in [0.4, 0.5) is 5.69 Å². The Morgan fingerprint density at radius 2 is 1.78 bits per heavy atom. The molecule has 0 aliphatic rings. The first-order chi connectivity index (χ1) is 8.69. The van der Waals surface area contributed by atoms with E-state index in [9.17, 15) is 0 Å². The molecule has 0 bridgehead atoms. The number of ether oxygens (including phenoxy) is 1. The molecule has 18 heavy (non-hydrogen) atoms. The van der Waals surface area contributed by atoms with Crippen LogP contribution >= 0.6 is 0 Å². The standard InChI is InChI=1S/C16H18NO/c1-17(2)15-6-4-5-14(12-15)11-13-7-9-16(18-3)10-8-13/h4-5,7-10,12H,11H2,1-3H3. The largest absolute Gasteiger partial charge is 0.497 e. The Kier molecular flexibility index (Phi) is 3.88. The van der Waals surface area contributed by atoms with Gasteiger partial charge in [-0.2, -0.15) is 0 Å². The summed E-state index contributed by atoms with van der Waals surface area (Å²) in [7, 11) is 5.75. The summed E-state index contributed by atoms with van der Waals surface area (Å²) in [6.07, 6.45) is 0.930. The van der Waals surface area contributed by atoms with E-state index in [1.807, 2.05) is 32.3 Å². The molecule has 0 atom stereocenters. The summed E-state index contributed by atoms with van der Waals surface area (Å²) in [4.78, 5) is 2.07. The van der Waals surface area contributed by atoms with Crippen LogP contribution in [0.5, 0.6) is 5.75 Å². The Balaban J connectivity index is 2.15. The minimum absolute atomic E-state index is 0.897. The van der Waals surface area contributed by atoms with E-state index in [1.54, 1.807) is 7.11 Å². The maximum atomic E-state index is 5.16. The molecular weight excluding hydrogens is 222 g/mol. The molecule has 0 amide bonds. The molecule has 2 aromatic rings. The van der Waals surface area contributed by atoms with Crippen LogP contribution in [0.15, 0.2) is 42.5 Å². The Bertz CT molecular complexity index is 503. The molecule has 0 aliphatic carbocycles. The third-order valence-electron chi connectivity index (χ3n) is 2.90. The van der Waals surface area contributed by atoms with E-state index >= 15 is 0 Å². The first-order valence-electron chi connectivity index (χ1n) is 6.00. The van der Waals surface area contributed by atoms with Crippen molar-refractivity contribution < 1.29 is 4.74 Å². The second kappa shape index (κ2) is 5.58. The van der Waals surface area contributed by atoms with Crippen molar-refractivity contribution in [2.45, 2.75) is 6.42 Å². The normalized spacial score (nSPS) is 10.2. The second-order valence-electron chi connectivity index (χ2n) is 4.50. The summed E-state index contributed by atoms with van der Waals surface area (Å²) in [6, 6.07) is 17.7. The number of benzene rings is 2. The van der Waals surface area contributed by atoms with Crippen molar-refractivity contribution >= 4 is 5.69 Å². The minimum atomic E-state index is 0.897. The van der Waals surface area contributed by atoms with E-state index in [2.05, 4.69) is 35.2 Å². The van der Waals surface area contributed by atoms with Gasteiger partial charge in [0.2, 0.25) is 0 Å². The molecule has 0 spiro atoms. The number of methoxy groups -OCH3 is 1. The third kappa shape index (κ3) is 3.04. The minimum Gasteiger partial charge on any atom is -0.497 e. The smallest absolute Gasteiger partial charge is 0.118 e. The Morgan fingerprint density at radius 3 is 2.39 bits per heavy atom. The SMILES string of the molecule is COc1ccc(Cc2cc[c]c(N(C)C)c2)cc1. The van der Waals surface area contributed by atoms with Crippen LogP contribution in [-0.4, -0.2) is 21.2 Å². The Labute approximate surface area is 109 Å². The number of hydrogen-bond donors (Lipinski definition) is 0. The number of hydrogen-bond acceptors (Lipinski definition) is 2. The van der Waals surface area contributed by atoms with Crippen molar-refractivity contribution in [3.05, 3.63) is 59.7 Å². The quantitative estimate of drug-likeness (QED) is 0.814. The predicted octanol–water partition coefficient (Wildman–Crippen LogP) is 3.15. The van der Waals surface area contributed by atoms with Gasteiger partial charge < -0.3 is 9.64 Å². The van der Waals surface area contributed by atoms with Crippen molar-refractivity contribution in [1.29, 1.82) is 0 Å². The van der Waals surface area contributed by atoms with Crippen LogP contribution in [0.2, 0.25) is 0 Å². The molecule has 2 rings (SSSR count). The lowest BCUT2D eigenvalue weighted by Gasteiger charge is -2.13. The highest BCUT2D eigenvalue weighted by Gasteiger charge is 2.00. The molecule has 0 aromatic heterocycles. The number of nitrogens with zero attached hydrogens (tertiary/aromatic N) is 1. The van der Waals surface area contributed by atoms with E-state index < -0.39 is 0 Å². The van der Waals surface area contributed by atoms with Crippen LogP contribution in [0.3, 0.4) is 0 Å². The van der Waals surface area contributed by atoms with Gasteiger partial charge in [-0.3, -0.25) is 0 Å². The van der Waals surface area contributed by atoms with Crippen molar-refractivity contribution in [1.82, 2.24) is 0 Å². The van der Waals surface area contributed by atoms with Crippen molar-refractivity contribution in [2.75, 3.05) is 26.1 Å². The second-order valence-corrected chi connectivity index (χ2v) is 4.50. The van der Waals surface area contributed by atoms with E-state index in [0.717, 1.165) is 17.9 Å². The molecule has 2 aromatic carbocycles. The lowest BCUT2D eigenvalue weighted by molar-refractivity contribution is 0.414. The molecule has 93 valence electrons. The fourth-order valence-electron chi connectivity index (χ4n) is 1.85. The fraction of sp³-hybridized carbons (Fsp3) is 0.250. The first kappa shape index (κ1) is 12.5. The average Bonchev–Trinajstić information content (AvgIpc) is 2.40. The molecule has 0 aliphatic heterocycles. The Hall–Kier alpha value is -1.96. The molecule has 2 heteroatoms.